The first-order valence-electron chi connectivity index (χ1n) is 5.52. The monoisotopic (exact) mass is 191 g/mol. The van der Waals surface area contributed by atoms with Gasteiger partial charge in [-0.25, -0.2) is 0 Å². The van der Waals surface area contributed by atoms with Crippen molar-refractivity contribution in [3.8, 4) is 0 Å². The highest BCUT2D eigenvalue weighted by Crippen LogP contribution is 2.11. The maximum atomic E-state index is 3.55. The van der Waals surface area contributed by atoms with Crippen LogP contribution < -0.4 is 5.32 Å². The molecule has 0 bridgehead atoms. The van der Waals surface area contributed by atoms with Crippen LogP contribution in [0.25, 0.3) is 0 Å². The van der Waals surface area contributed by atoms with Gasteiger partial charge in [0, 0.05) is 6.04 Å². The minimum Gasteiger partial charge on any atom is -0.310 e. The zero-order valence-electron chi connectivity index (χ0n) is 9.46. The Balaban J connectivity index is 2.39. The summed E-state index contributed by atoms with van der Waals surface area (Å²) >= 11 is 0. The zero-order chi connectivity index (χ0) is 10.4. The Kier molecular flexibility index (Phi) is 4.68. The van der Waals surface area contributed by atoms with E-state index in [1.165, 1.54) is 12.0 Å². The van der Waals surface area contributed by atoms with Crippen molar-refractivity contribution in [2.45, 2.75) is 33.2 Å². The summed E-state index contributed by atoms with van der Waals surface area (Å²) in [5, 5.41) is 3.55. The fraction of sp³-hybridized carbons (Fsp3) is 0.538. The Morgan fingerprint density at radius 1 is 1.14 bits per heavy atom. The van der Waals surface area contributed by atoms with Crippen molar-refractivity contribution >= 4 is 0 Å². The Hall–Kier alpha value is -0.820. The Morgan fingerprint density at radius 2 is 1.79 bits per heavy atom. The lowest BCUT2D eigenvalue weighted by atomic mass is 10.1. The van der Waals surface area contributed by atoms with E-state index in [0.717, 1.165) is 12.5 Å². The summed E-state index contributed by atoms with van der Waals surface area (Å²) in [6, 6.07) is 11.1. The molecular weight excluding hydrogens is 170 g/mol. The van der Waals surface area contributed by atoms with E-state index < -0.39 is 0 Å². The molecule has 0 aromatic heterocycles. The van der Waals surface area contributed by atoms with E-state index in [9.17, 15) is 0 Å². The first kappa shape index (κ1) is 11.3. The molecule has 0 heterocycles. The van der Waals surface area contributed by atoms with Crippen LogP contribution in [0.15, 0.2) is 30.3 Å². The molecule has 0 unspecified atom stereocenters. The van der Waals surface area contributed by atoms with Crippen LogP contribution in [-0.4, -0.2) is 6.54 Å². The highest BCUT2D eigenvalue weighted by molar-refractivity contribution is 5.17. The van der Waals surface area contributed by atoms with Crippen molar-refractivity contribution in [3.05, 3.63) is 35.9 Å². The maximum Gasteiger partial charge on any atom is 0.0291 e. The van der Waals surface area contributed by atoms with Gasteiger partial charge < -0.3 is 5.32 Å². The largest absolute Gasteiger partial charge is 0.310 e. The topological polar surface area (TPSA) is 12.0 Å². The van der Waals surface area contributed by atoms with Crippen LogP contribution in [0, 0.1) is 5.92 Å². The van der Waals surface area contributed by atoms with Crippen LogP contribution in [-0.2, 0) is 0 Å². The number of hydrogen-bond acceptors (Lipinski definition) is 1. The van der Waals surface area contributed by atoms with Crippen LogP contribution in [0.3, 0.4) is 0 Å². The van der Waals surface area contributed by atoms with Crippen molar-refractivity contribution in [2.24, 2.45) is 5.92 Å². The lowest BCUT2D eigenvalue weighted by Gasteiger charge is -2.16. The van der Waals surface area contributed by atoms with Crippen molar-refractivity contribution in [1.82, 2.24) is 5.32 Å². The third-order valence-corrected chi connectivity index (χ3v) is 2.77. The van der Waals surface area contributed by atoms with Crippen molar-refractivity contribution < 1.29 is 0 Å². The number of benzene rings is 1. The van der Waals surface area contributed by atoms with Gasteiger partial charge in [-0.2, -0.15) is 0 Å². The molecule has 1 nitrogen and oxygen atoms in total. The van der Waals surface area contributed by atoms with Gasteiger partial charge in [0.2, 0.25) is 0 Å². The second-order valence-electron chi connectivity index (χ2n) is 4.05. The highest BCUT2D eigenvalue weighted by atomic mass is 14.9. The highest BCUT2D eigenvalue weighted by Gasteiger charge is 2.05. The molecule has 0 fully saturated rings. The summed E-state index contributed by atoms with van der Waals surface area (Å²) < 4.78 is 0. The van der Waals surface area contributed by atoms with Gasteiger partial charge in [0.15, 0.2) is 0 Å². The van der Waals surface area contributed by atoms with E-state index in [2.05, 4.69) is 56.4 Å². The van der Waals surface area contributed by atoms with Gasteiger partial charge in [-0.15, -0.1) is 0 Å². The number of hydrogen-bond donors (Lipinski definition) is 1. The first-order valence-corrected chi connectivity index (χ1v) is 5.52. The maximum absolute atomic E-state index is 3.55. The van der Waals surface area contributed by atoms with Gasteiger partial charge in [-0.1, -0.05) is 50.6 Å². The number of rotatable bonds is 5. The average Bonchev–Trinajstić information content (AvgIpc) is 2.26. The molecule has 0 radical (unpaired) electrons. The molecule has 0 aliphatic rings. The molecule has 0 saturated carbocycles. The Bertz CT molecular complexity index is 243. The van der Waals surface area contributed by atoms with Crippen LogP contribution in [0.1, 0.15) is 38.8 Å². The fourth-order valence-corrected chi connectivity index (χ4v) is 1.38. The summed E-state index contributed by atoms with van der Waals surface area (Å²) in [7, 11) is 0. The molecule has 0 amide bonds. The molecule has 0 spiro atoms. The lowest BCUT2D eigenvalue weighted by Crippen LogP contribution is -2.24. The van der Waals surface area contributed by atoms with E-state index in [-0.39, 0.29) is 0 Å². The molecule has 1 N–H and O–H groups in total. The minimum atomic E-state index is 0.463. The second-order valence-corrected chi connectivity index (χ2v) is 4.05. The van der Waals surface area contributed by atoms with Gasteiger partial charge in [0.1, 0.15) is 0 Å². The third kappa shape index (κ3) is 3.51. The van der Waals surface area contributed by atoms with Crippen LogP contribution >= 0.6 is 0 Å². The van der Waals surface area contributed by atoms with E-state index >= 15 is 0 Å². The summed E-state index contributed by atoms with van der Waals surface area (Å²) in [5.41, 5.74) is 1.37. The van der Waals surface area contributed by atoms with Crippen LogP contribution in [0.5, 0.6) is 0 Å². The van der Waals surface area contributed by atoms with Gasteiger partial charge in [0.05, 0.1) is 0 Å². The molecule has 1 aromatic carbocycles. The van der Waals surface area contributed by atoms with Crippen molar-refractivity contribution in [3.63, 3.8) is 0 Å². The molecule has 78 valence electrons. The van der Waals surface area contributed by atoms with Crippen molar-refractivity contribution in [2.75, 3.05) is 6.54 Å². The van der Waals surface area contributed by atoms with E-state index in [4.69, 9.17) is 0 Å². The van der Waals surface area contributed by atoms with E-state index in [1.807, 2.05) is 0 Å². The smallest absolute Gasteiger partial charge is 0.0291 e. The van der Waals surface area contributed by atoms with Crippen LogP contribution in [0.4, 0.5) is 0 Å². The molecule has 1 rings (SSSR count). The van der Waals surface area contributed by atoms with Crippen molar-refractivity contribution in [1.29, 1.82) is 0 Å². The van der Waals surface area contributed by atoms with E-state index in [0.29, 0.717) is 6.04 Å². The molecule has 0 aliphatic carbocycles. The zero-order valence-corrected chi connectivity index (χ0v) is 9.46. The SMILES string of the molecule is CC[C@H](C)CN[C@@H](C)c1ccccc1. The van der Waals surface area contributed by atoms with Gasteiger partial charge in [-0.05, 0) is 24.9 Å². The van der Waals surface area contributed by atoms with E-state index in [1.54, 1.807) is 0 Å². The first-order chi connectivity index (χ1) is 6.74. The Labute approximate surface area is 87.5 Å². The predicted octanol–water partition coefficient (Wildman–Crippen LogP) is 3.38. The van der Waals surface area contributed by atoms with Crippen LogP contribution in [0.2, 0.25) is 0 Å². The summed E-state index contributed by atoms with van der Waals surface area (Å²) in [6.07, 6.45) is 1.24. The molecule has 14 heavy (non-hydrogen) atoms. The Morgan fingerprint density at radius 3 is 2.36 bits per heavy atom. The average molecular weight is 191 g/mol. The molecule has 0 saturated heterocycles. The minimum absolute atomic E-state index is 0.463. The number of nitrogens with one attached hydrogen (secondary N) is 1. The lowest BCUT2D eigenvalue weighted by molar-refractivity contribution is 0.461. The van der Waals surface area contributed by atoms with Gasteiger partial charge >= 0.3 is 0 Å². The molecule has 2 atom stereocenters. The second kappa shape index (κ2) is 5.82. The normalized spacial score (nSPS) is 15.1. The molecule has 1 heteroatoms. The van der Waals surface area contributed by atoms with Gasteiger partial charge in [0.25, 0.3) is 0 Å². The summed E-state index contributed by atoms with van der Waals surface area (Å²) in [5.74, 6) is 0.765. The summed E-state index contributed by atoms with van der Waals surface area (Å²) in [6.45, 7) is 7.84. The third-order valence-electron chi connectivity index (χ3n) is 2.77. The van der Waals surface area contributed by atoms with Gasteiger partial charge in [-0.3, -0.25) is 0 Å². The predicted molar refractivity (Wildman–Crippen MR) is 62.3 cm³/mol. The fourth-order valence-electron chi connectivity index (χ4n) is 1.38. The quantitative estimate of drug-likeness (QED) is 0.752. The summed E-state index contributed by atoms with van der Waals surface area (Å²) in [4.78, 5) is 0. The standard InChI is InChI=1S/C13H21N/c1-4-11(2)10-14-12(3)13-8-6-5-7-9-13/h5-9,11-12,14H,4,10H2,1-3H3/t11-,12-/m0/s1. The molecule has 0 aliphatic heterocycles. The molecule has 1 aromatic rings. The molecular formula is C13H21N.